The maximum absolute atomic E-state index is 10.9. The second kappa shape index (κ2) is 4.92. The number of aromatic nitrogens is 2. The number of H-pyrrole nitrogens is 1. The van der Waals surface area contributed by atoms with E-state index in [4.69, 9.17) is 14.6 Å². The third-order valence-electron chi connectivity index (χ3n) is 2.77. The summed E-state index contributed by atoms with van der Waals surface area (Å²) in [6.45, 7) is -0.305. The number of ether oxygens (including phenoxy) is 2. The largest absolute Gasteiger partial charge is 0.394 e. The molecule has 94 valence electrons. The summed E-state index contributed by atoms with van der Waals surface area (Å²) < 4.78 is 10.6. The second-order valence-electron chi connectivity index (χ2n) is 3.80. The first-order valence-electron chi connectivity index (χ1n) is 5.19. The standard InChI is InChI=1S/C10H14N2O5/c1-16-10-8(15)6(4-13)17-9(10)5-2-12-7(14)3-11-5/h2-3,6,8-10,13,15H,4H2,1H3,(H,12,14). The van der Waals surface area contributed by atoms with E-state index in [2.05, 4.69) is 9.97 Å². The number of nitrogens with one attached hydrogen (secondary N) is 1. The summed E-state index contributed by atoms with van der Waals surface area (Å²) in [5, 5.41) is 18.9. The topological polar surface area (TPSA) is 105 Å². The van der Waals surface area contributed by atoms with E-state index in [9.17, 15) is 9.90 Å². The van der Waals surface area contributed by atoms with E-state index in [1.165, 1.54) is 13.3 Å². The summed E-state index contributed by atoms with van der Waals surface area (Å²) in [4.78, 5) is 17.3. The molecule has 17 heavy (non-hydrogen) atoms. The third-order valence-corrected chi connectivity index (χ3v) is 2.77. The molecule has 2 rings (SSSR count). The van der Waals surface area contributed by atoms with Crippen molar-refractivity contribution >= 4 is 0 Å². The van der Waals surface area contributed by atoms with Crippen LogP contribution in [0.15, 0.2) is 17.2 Å². The molecular formula is C10H14N2O5. The van der Waals surface area contributed by atoms with Gasteiger partial charge in [-0.3, -0.25) is 9.78 Å². The maximum Gasteiger partial charge on any atom is 0.266 e. The van der Waals surface area contributed by atoms with Crippen LogP contribution in [0.4, 0.5) is 0 Å². The lowest BCUT2D eigenvalue weighted by Gasteiger charge is -2.17. The number of aliphatic hydroxyl groups excluding tert-OH is 2. The van der Waals surface area contributed by atoms with Gasteiger partial charge in [0.15, 0.2) is 0 Å². The van der Waals surface area contributed by atoms with Crippen LogP contribution in [-0.2, 0) is 9.47 Å². The summed E-state index contributed by atoms with van der Waals surface area (Å²) in [6.07, 6.45) is -0.327. The Morgan fingerprint density at radius 3 is 2.94 bits per heavy atom. The molecule has 1 aliphatic heterocycles. The van der Waals surface area contributed by atoms with Gasteiger partial charge in [0.25, 0.3) is 5.56 Å². The summed E-state index contributed by atoms with van der Waals surface area (Å²) in [6, 6.07) is 0. The number of methoxy groups -OCH3 is 1. The molecule has 7 heteroatoms. The number of nitrogens with zero attached hydrogens (tertiary/aromatic N) is 1. The van der Waals surface area contributed by atoms with E-state index in [0.717, 1.165) is 6.20 Å². The van der Waals surface area contributed by atoms with Crippen molar-refractivity contribution in [3.05, 3.63) is 28.4 Å². The average molecular weight is 242 g/mol. The van der Waals surface area contributed by atoms with Crippen LogP contribution in [0.2, 0.25) is 0 Å². The number of hydrogen-bond donors (Lipinski definition) is 3. The van der Waals surface area contributed by atoms with Gasteiger partial charge in [0.1, 0.15) is 24.4 Å². The lowest BCUT2D eigenvalue weighted by atomic mass is 10.1. The monoisotopic (exact) mass is 242 g/mol. The van der Waals surface area contributed by atoms with Crippen molar-refractivity contribution in [3.8, 4) is 0 Å². The lowest BCUT2D eigenvalue weighted by Crippen LogP contribution is -2.34. The van der Waals surface area contributed by atoms with E-state index in [-0.39, 0.29) is 12.2 Å². The van der Waals surface area contributed by atoms with Crippen LogP contribution in [0.5, 0.6) is 0 Å². The van der Waals surface area contributed by atoms with E-state index < -0.39 is 24.4 Å². The molecule has 3 N–H and O–H groups in total. The quantitative estimate of drug-likeness (QED) is 0.600. The fourth-order valence-corrected chi connectivity index (χ4v) is 1.90. The smallest absolute Gasteiger partial charge is 0.266 e. The Bertz CT molecular complexity index is 414. The van der Waals surface area contributed by atoms with Gasteiger partial charge < -0.3 is 24.7 Å². The molecule has 0 bridgehead atoms. The minimum absolute atomic E-state index is 0.305. The highest BCUT2D eigenvalue weighted by Gasteiger charge is 2.45. The molecule has 0 aromatic carbocycles. The third kappa shape index (κ3) is 2.22. The van der Waals surface area contributed by atoms with Crippen LogP contribution in [0.1, 0.15) is 11.8 Å². The van der Waals surface area contributed by atoms with Crippen molar-refractivity contribution in [2.75, 3.05) is 13.7 Å². The molecule has 1 aromatic heterocycles. The van der Waals surface area contributed by atoms with Crippen molar-refractivity contribution in [2.45, 2.75) is 24.4 Å². The molecule has 1 aliphatic rings. The second-order valence-corrected chi connectivity index (χ2v) is 3.80. The summed E-state index contributed by atoms with van der Waals surface area (Å²) in [5.41, 5.74) is 0.131. The fourth-order valence-electron chi connectivity index (χ4n) is 1.90. The Hall–Kier alpha value is -1.28. The molecule has 2 heterocycles. The predicted octanol–water partition coefficient (Wildman–Crippen LogP) is -1.42. The molecule has 1 aromatic rings. The van der Waals surface area contributed by atoms with E-state index in [0.29, 0.717) is 5.69 Å². The van der Waals surface area contributed by atoms with Gasteiger partial charge in [-0.2, -0.15) is 0 Å². The molecule has 1 fully saturated rings. The van der Waals surface area contributed by atoms with E-state index in [1.807, 2.05) is 0 Å². The zero-order valence-electron chi connectivity index (χ0n) is 9.24. The van der Waals surface area contributed by atoms with Crippen molar-refractivity contribution in [1.82, 2.24) is 9.97 Å². The molecule has 4 unspecified atom stereocenters. The molecule has 0 saturated carbocycles. The summed E-state index contributed by atoms with van der Waals surface area (Å²) in [5.74, 6) is 0. The van der Waals surface area contributed by atoms with Gasteiger partial charge in [0.2, 0.25) is 0 Å². The molecule has 1 saturated heterocycles. The van der Waals surface area contributed by atoms with Crippen molar-refractivity contribution in [2.24, 2.45) is 0 Å². The Labute approximate surface area is 97.0 Å². The minimum atomic E-state index is -0.927. The van der Waals surface area contributed by atoms with Gasteiger partial charge >= 0.3 is 0 Å². The predicted molar refractivity (Wildman–Crippen MR) is 56.4 cm³/mol. The fraction of sp³-hybridized carbons (Fsp3) is 0.600. The molecule has 0 aliphatic carbocycles. The minimum Gasteiger partial charge on any atom is -0.394 e. The van der Waals surface area contributed by atoms with E-state index in [1.54, 1.807) is 0 Å². The van der Waals surface area contributed by atoms with Crippen molar-refractivity contribution in [1.29, 1.82) is 0 Å². The molecule has 0 amide bonds. The Morgan fingerprint density at radius 1 is 1.65 bits per heavy atom. The van der Waals surface area contributed by atoms with Gasteiger partial charge in [-0.25, -0.2) is 0 Å². The SMILES string of the molecule is COC1C(c2c[nH]c(=O)cn2)OC(CO)C1O. The lowest BCUT2D eigenvalue weighted by molar-refractivity contribution is -0.0251. The molecule has 4 atom stereocenters. The maximum atomic E-state index is 10.9. The van der Waals surface area contributed by atoms with Crippen molar-refractivity contribution < 1.29 is 19.7 Å². The van der Waals surface area contributed by atoms with Crippen LogP contribution in [0, 0.1) is 0 Å². The average Bonchev–Trinajstić information content (AvgIpc) is 2.66. The number of rotatable bonds is 3. The number of aromatic amines is 1. The first-order valence-corrected chi connectivity index (χ1v) is 5.19. The van der Waals surface area contributed by atoms with Gasteiger partial charge in [-0.15, -0.1) is 0 Å². The Kier molecular flexibility index (Phi) is 3.53. The highest BCUT2D eigenvalue weighted by atomic mass is 16.6. The molecular weight excluding hydrogens is 228 g/mol. The van der Waals surface area contributed by atoms with Crippen LogP contribution in [0.25, 0.3) is 0 Å². The molecule has 0 spiro atoms. The highest BCUT2D eigenvalue weighted by molar-refractivity contribution is 5.08. The first kappa shape index (κ1) is 12.2. The van der Waals surface area contributed by atoms with Gasteiger partial charge in [0, 0.05) is 13.3 Å². The van der Waals surface area contributed by atoms with Crippen molar-refractivity contribution in [3.63, 3.8) is 0 Å². The van der Waals surface area contributed by atoms with Gasteiger partial charge in [0.05, 0.1) is 18.5 Å². The highest BCUT2D eigenvalue weighted by Crippen LogP contribution is 2.33. The summed E-state index contributed by atoms with van der Waals surface area (Å²) >= 11 is 0. The zero-order valence-corrected chi connectivity index (χ0v) is 9.24. The van der Waals surface area contributed by atoms with Gasteiger partial charge in [-0.1, -0.05) is 0 Å². The number of hydrogen-bond acceptors (Lipinski definition) is 6. The summed E-state index contributed by atoms with van der Waals surface area (Å²) in [7, 11) is 1.44. The van der Waals surface area contributed by atoms with Gasteiger partial charge in [-0.05, 0) is 0 Å². The van der Waals surface area contributed by atoms with Crippen LogP contribution < -0.4 is 5.56 Å². The molecule has 7 nitrogen and oxygen atoms in total. The van der Waals surface area contributed by atoms with E-state index >= 15 is 0 Å². The molecule has 0 radical (unpaired) electrons. The van der Waals surface area contributed by atoms with Crippen LogP contribution in [0.3, 0.4) is 0 Å². The Balaban J connectivity index is 2.25. The normalized spacial score (nSPS) is 32.9. The first-order chi connectivity index (χ1) is 8.17. The van der Waals surface area contributed by atoms with Crippen LogP contribution >= 0.6 is 0 Å². The number of aliphatic hydroxyl groups is 2. The van der Waals surface area contributed by atoms with Crippen LogP contribution in [-0.4, -0.2) is 52.2 Å². The Morgan fingerprint density at radius 2 is 2.41 bits per heavy atom. The zero-order chi connectivity index (χ0) is 12.4.